The van der Waals surface area contributed by atoms with Crippen LogP contribution in [0.25, 0.3) is 0 Å². The molecule has 0 aliphatic heterocycles. The summed E-state index contributed by atoms with van der Waals surface area (Å²) in [4.78, 5) is 19.8. The molecule has 0 atom stereocenters. The molecule has 2 rings (SSSR count). The molecular weight excluding hydrogens is 339 g/mol. The van der Waals surface area contributed by atoms with E-state index in [1.54, 1.807) is 0 Å². The molecule has 0 aliphatic carbocycles. The minimum absolute atomic E-state index is 0.0132. The number of nitrogens with one attached hydrogen (secondary N) is 1. The van der Waals surface area contributed by atoms with Crippen molar-refractivity contribution in [2.24, 2.45) is 0 Å². The number of carbonyl (C=O) groups is 1. The van der Waals surface area contributed by atoms with E-state index in [9.17, 15) is 18.0 Å². The second kappa shape index (κ2) is 6.97. The Kier molecular flexibility index (Phi) is 5.25. The minimum Gasteiger partial charge on any atom is -0.321 e. The smallest absolute Gasteiger partial charge is 0.321 e. The van der Waals surface area contributed by atoms with Gasteiger partial charge < -0.3 is 5.32 Å². The van der Waals surface area contributed by atoms with Crippen molar-refractivity contribution in [3.05, 3.63) is 47.4 Å². The maximum absolute atomic E-state index is 12.3. The molecular formula is C13H9ClF3N3OS. The third-order valence-corrected chi connectivity index (χ3v) is 3.67. The minimum atomic E-state index is -4.34. The summed E-state index contributed by atoms with van der Waals surface area (Å²) in [6, 6.07) is 5.91. The van der Waals surface area contributed by atoms with Crippen molar-refractivity contribution >= 4 is 35.0 Å². The van der Waals surface area contributed by atoms with Crippen molar-refractivity contribution in [2.75, 3.05) is 11.1 Å². The fourth-order valence-corrected chi connectivity index (χ4v) is 2.34. The van der Waals surface area contributed by atoms with E-state index in [1.165, 1.54) is 36.7 Å². The molecule has 1 N–H and O–H groups in total. The standard InChI is InChI=1S/C13H9ClF3N3OS/c14-10-4-3-8(6-19-10)20-11(21)9-2-1-5-18-12(9)22-7-13(15,16)17/h1-6H,7H2,(H,20,21). The normalized spacial score (nSPS) is 11.3. The van der Waals surface area contributed by atoms with Crippen LogP contribution in [0, 0.1) is 0 Å². The van der Waals surface area contributed by atoms with Gasteiger partial charge in [0.05, 0.1) is 23.2 Å². The molecule has 0 aromatic carbocycles. The first-order valence-electron chi connectivity index (χ1n) is 5.92. The lowest BCUT2D eigenvalue weighted by molar-refractivity contribution is -0.105. The molecule has 9 heteroatoms. The number of anilines is 1. The number of halogens is 4. The van der Waals surface area contributed by atoms with Gasteiger partial charge in [0.15, 0.2) is 0 Å². The molecule has 2 heterocycles. The Labute approximate surface area is 133 Å². The second-order valence-electron chi connectivity index (χ2n) is 4.08. The highest BCUT2D eigenvalue weighted by atomic mass is 35.5. The Bertz CT molecular complexity index is 664. The van der Waals surface area contributed by atoms with Gasteiger partial charge in [-0.1, -0.05) is 23.4 Å². The van der Waals surface area contributed by atoms with E-state index in [1.807, 2.05) is 0 Å². The van der Waals surface area contributed by atoms with Gasteiger partial charge in [-0.25, -0.2) is 9.97 Å². The number of hydrogen-bond acceptors (Lipinski definition) is 4. The molecule has 0 radical (unpaired) electrons. The van der Waals surface area contributed by atoms with Crippen LogP contribution < -0.4 is 5.32 Å². The molecule has 0 spiro atoms. The Morgan fingerprint density at radius 2 is 2.05 bits per heavy atom. The van der Waals surface area contributed by atoms with E-state index in [0.717, 1.165) is 0 Å². The first-order chi connectivity index (χ1) is 10.3. The van der Waals surface area contributed by atoms with Crippen molar-refractivity contribution in [3.63, 3.8) is 0 Å². The molecule has 0 saturated heterocycles. The third-order valence-electron chi connectivity index (χ3n) is 2.37. The van der Waals surface area contributed by atoms with Gasteiger partial charge in [0.25, 0.3) is 5.91 Å². The zero-order chi connectivity index (χ0) is 16.2. The molecule has 0 unspecified atom stereocenters. The number of rotatable bonds is 4. The van der Waals surface area contributed by atoms with Crippen molar-refractivity contribution in [3.8, 4) is 0 Å². The van der Waals surface area contributed by atoms with Gasteiger partial charge in [-0.3, -0.25) is 4.79 Å². The van der Waals surface area contributed by atoms with Gasteiger partial charge in [-0.15, -0.1) is 0 Å². The van der Waals surface area contributed by atoms with E-state index in [0.29, 0.717) is 17.4 Å². The number of carbonyl (C=O) groups excluding carboxylic acids is 1. The van der Waals surface area contributed by atoms with Crippen LogP contribution in [0.4, 0.5) is 18.9 Å². The van der Waals surface area contributed by atoms with E-state index < -0.39 is 17.8 Å². The van der Waals surface area contributed by atoms with E-state index in [4.69, 9.17) is 11.6 Å². The highest BCUT2D eigenvalue weighted by Crippen LogP contribution is 2.28. The highest BCUT2D eigenvalue weighted by Gasteiger charge is 2.28. The first kappa shape index (κ1) is 16.6. The summed E-state index contributed by atoms with van der Waals surface area (Å²) in [5.41, 5.74) is 0.441. The van der Waals surface area contributed by atoms with Gasteiger partial charge in [0.1, 0.15) is 10.2 Å². The van der Waals surface area contributed by atoms with E-state index >= 15 is 0 Å². The molecule has 22 heavy (non-hydrogen) atoms. The predicted molar refractivity (Wildman–Crippen MR) is 78.2 cm³/mol. The summed E-state index contributed by atoms with van der Waals surface area (Å²) in [6.45, 7) is 0. The number of aromatic nitrogens is 2. The average Bonchev–Trinajstić information content (AvgIpc) is 2.47. The number of alkyl halides is 3. The summed E-state index contributed by atoms with van der Waals surface area (Å²) in [5.74, 6) is -1.69. The fraction of sp³-hybridized carbons (Fsp3) is 0.154. The second-order valence-corrected chi connectivity index (χ2v) is 5.43. The predicted octanol–water partition coefficient (Wildman–Crippen LogP) is 4.04. The summed E-state index contributed by atoms with van der Waals surface area (Å²) < 4.78 is 36.9. The van der Waals surface area contributed by atoms with Gasteiger partial charge in [-0.2, -0.15) is 13.2 Å². The van der Waals surface area contributed by atoms with Crippen LogP contribution in [0.2, 0.25) is 5.15 Å². The number of hydrogen-bond donors (Lipinski definition) is 1. The van der Waals surface area contributed by atoms with E-state index in [-0.39, 0.29) is 15.7 Å². The van der Waals surface area contributed by atoms with Gasteiger partial charge >= 0.3 is 6.18 Å². The molecule has 116 valence electrons. The van der Waals surface area contributed by atoms with Crippen LogP contribution in [0.5, 0.6) is 0 Å². The van der Waals surface area contributed by atoms with Crippen LogP contribution in [0.3, 0.4) is 0 Å². The van der Waals surface area contributed by atoms with Crippen LogP contribution in [-0.2, 0) is 0 Å². The summed E-state index contributed by atoms with van der Waals surface area (Å²) in [5, 5.41) is 2.81. The zero-order valence-corrected chi connectivity index (χ0v) is 12.5. The number of nitrogens with zero attached hydrogens (tertiary/aromatic N) is 2. The quantitative estimate of drug-likeness (QED) is 0.670. The van der Waals surface area contributed by atoms with Crippen LogP contribution in [0.1, 0.15) is 10.4 Å². The molecule has 0 bridgehead atoms. The SMILES string of the molecule is O=C(Nc1ccc(Cl)nc1)c1cccnc1SCC(F)(F)F. The Morgan fingerprint density at radius 1 is 1.27 bits per heavy atom. The Morgan fingerprint density at radius 3 is 2.68 bits per heavy atom. The number of pyridine rings is 2. The van der Waals surface area contributed by atoms with Crippen LogP contribution in [-0.4, -0.2) is 27.8 Å². The zero-order valence-electron chi connectivity index (χ0n) is 10.9. The van der Waals surface area contributed by atoms with Gasteiger partial charge in [-0.05, 0) is 24.3 Å². The molecule has 0 fully saturated rings. The number of thioether (sulfide) groups is 1. The fourth-order valence-electron chi connectivity index (χ4n) is 1.48. The maximum Gasteiger partial charge on any atom is 0.398 e. The topological polar surface area (TPSA) is 54.9 Å². The van der Waals surface area contributed by atoms with Gasteiger partial charge in [0, 0.05) is 6.20 Å². The lowest BCUT2D eigenvalue weighted by atomic mass is 10.2. The van der Waals surface area contributed by atoms with Crippen molar-refractivity contribution in [1.82, 2.24) is 9.97 Å². The summed E-state index contributed by atoms with van der Waals surface area (Å²) >= 11 is 6.09. The lowest BCUT2D eigenvalue weighted by Crippen LogP contribution is -2.15. The van der Waals surface area contributed by atoms with Gasteiger partial charge in [0.2, 0.25) is 0 Å². The third kappa shape index (κ3) is 4.88. The van der Waals surface area contributed by atoms with Crippen LogP contribution in [0.15, 0.2) is 41.7 Å². The lowest BCUT2D eigenvalue weighted by Gasteiger charge is -2.10. The average molecular weight is 348 g/mol. The van der Waals surface area contributed by atoms with Crippen molar-refractivity contribution in [2.45, 2.75) is 11.2 Å². The van der Waals surface area contributed by atoms with E-state index in [2.05, 4.69) is 15.3 Å². The largest absolute Gasteiger partial charge is 0.398 e. The first-order valence-corrected chi connectivity index (χ1v) is 7.29. The van der Waals surface area contributed by atoms with Crippen LogP contribution >= 0.6 is 23.4 Å². The summed E-state index contributed by atoms with van der Waals surface area (Å²) in [6.07, 6.45) is -1.66. The maximum atomic E-state index is 12.3. The molecule has 1 amide bonds. The molecule has 0 saturated carbocycles. The molecule has 2 aromatic rings. The Hall–Kier alpha value is -1.80. The molecule has 2 aromatic heterocycles. The summed E-state index contributed by atoms with van der Waals surface area (Å²) in [7, 11) is 0. The monoisotopic (exact) mass is 347 g/mol. The Balaban J connectivity index is 2.13. The number of amides is 1. The highest BCUT2D eigenvalue weighted by molar-refractivity contribution is 7.99. The van der Waals surface area contributed by atoms with Crippen molar-refractivity contribution < 1.29 is 18.0 Å². The molecule has 0 aliphatic rings. The molecule has 4 nitrogen and oxygen atoms in total. The van der Waals surface area contributed by atoms with Crippen molar-refractivity contribution in [1.29, 1.82) is 0 Å².